The summed E-state index contributed by atoms with van der Waals surface area (Å²) in [5.74, 6) is -0.369. The fourth-order valence-electron chi connectivity index (χ4n) is 1.28. The van der Waals surface area contributed by atoms with E-state index in [0.29, 0.717) is 5.56 Å². The zero-order chi connectivity index (χ0) is 12.3. The molecule has 0 aliphatic carbocycles. The lowest BCUT2D eigenvalue weighted by Gasteiger charge is -2.16. The molecule has 1 unspecified atom stereocenters. The van der Waals surface area contributed by atoms with Crippen LogP contribution in [0, 0.1) is 0 Å². The Balaban J connectivity index is 2.70. The van der Waals surface area contributed by atoms with Gasteiger partial charge in [0.25, 0.3) is 0 Å². The van der Waals surface area contributed by atoms with Gasteiger partial charge in [-0.15, -0.1) is 0 Å². The van der Waals surface area contributed by atoms with Crippen LogP contribution in [0.25, 0.3) is 0 Å². The molecule has 0 saturated heterocycles. The molecule has 1 atom stereocenters. The van der Waals surface area contributed by atoms with E-state index < -0.39 is 18.8 Å². The maximum absolute atomic E-state index is 11.9. The summed E-state index contributed by atoms with van der Waals surface area (Å²) in [5.41, 5.74) is 0.307. The first-order valence-corrected chi connectivity index (χ1v) is 4.61. The standard InChI is InChI=1S/C10H12F3NO2/c1-6(14-5-10(11,12)13)8-3-2-7(15)4-9(8)16/h2-4,6,14-16H,5H2,1H3. The molecule has 0 spiro atoms. The SMILES string of the molecule is CC(NCC(F)(F)F)c1ccc(O)cc1O. The van der Waals surface area contributed by atoms with Gasteiger partial charge in [0.05, 0.1) is 6.54 Å². The molecule has 3 N–H and O–H groups in total. The van der Waals surface area contributed by atoms with Gasteiger partial charge in [-0.25, -0.2) is 0 Å². The minimum atomic E-state index is -4.29. The van der Waals surface area contributed by atoms with Crippen LogP contribution >= 0.6 is 0 Å². The number of phenolic OH excluding ortho intramolecular Hbond substituents is 2. The van der Waals surface area contributed by atoms with Crippen LogP contribution in [0.3, 0.4) is 0 Å². The zero-order valence-electron chi connectivity index (χ0n) is 8.54. The van der Waals surface area contributed by atoms with E-state index in [0.717, 1.165) is 6.07 Å². The number of aromatic hydroxyl groups is 2. The summed E-state index contributed by atoms with van der Waals surface area (Å²) in [6.45, 7) is 0.367. The predicted octanol–water partition coefficient (Wildman–Crippen LogP) is 2.31. The first-order chi connectivity index (χ1) is 7.29. The summed E-state index contributed by atoms with van der Waals surface area (Å²) >= 11 is 0. The van der Waals surface area contributed by atoms with E-state index >= 15 is 0 Å². The van der Waals surface area contributed by atoms with Crippen LogP contribution in [-0.2, 0) is 0 Å². The lowest BCUT2D eigenvalue weighted by Crippen LogP contribution is -2.30. The summed E-state index contributed by atoms with van der Waals surface area (Å²) in [7, 11) is 0. The third-order valence-electron chi connectivity index (χ3n) is 2.09. The van der Waals surface area contributed by atoms with Gasteiger partial charge in [-0.2, -0.15) is 13.2 Å². The van der Waals surface area contributed by atoms with Crippen molar-refractivity contribution in [2.45, 2.75) is 19.1 Å². The van der Waals surface area contributed by atoms with Crippen LogP contribution in [0.5, 0.6) is 11.5 Å². The van der Waals surface area contributed by atoms with E-state index in [2.05, 4.69) is 5.32 Å². The quantitative estimate of drug-likeness (QED) is 0.753. The largest absolute Gasteiger partial charge is 0.508 e. The average Bonchev–Trinajstić information content (AvgIpc) is 2.13. The van der Waals surface area contributed by atoms with Crippen LogP contribution in [0.2, 0.25) is 0 Å². The molecular weight excluding hydrogens is 223 g/mol. The third-order valence-corrected chi connectivity index (χ3v) is 2.09. The van der Waals surface area contributed by atoms with E-state index in [1.165, 1.54) is 19.1 Å². The summed E-state index contributed by atoms with van der Waals surface area (Å²) in [6.07, 6.45) is -4.29. The maximum Gasteiger partial charge on any atom is 0.401 e. The first kappa shape index (κ1) is 12.6. The summed E-state index contributed by atoms with van der Waals surface area (Å²) in [4.78, 5) is 0. The van der Waals surface area contributed by atoms with Gasteiger partial charge in [-0.05, 0) is 13.0 Å². The Labute approximate surface area is 90.5 Å². The second-order valence-electron chi connectivity index (χ2n) is 3.46. The van der Waals surface area contributed by atoms with Crippen molar-refractivity contribution < 1.29 is 23.4 Å². The molecule has 0 fully saturated rings. The van der Waals surface area contributed by atoms with Crippen LogP contribution in [0.15, 0.2) is 18.2 Å². The number of phenols is 2. The van der Waals surface area contributed by atoms with Crippen LogP contribution in [0.1, 0.15) is 18.5 Å². The Morgan fingerprint density at radius 2 is 1.94 bits per heavy atom. The molecular formula is C10H12F3NO2. The molecule has 0 saturated carbocycles. The van der Waals surface area contributed by atoms with Gasteiger partial charge in [-0.3, -0.25) is 0 Å². The molecule has 3 nitrogen and oxygen atoms in total. The van der Waals surface area contributed by atoms with Gasteiger partial charge in [0.15, 0.2) is 0 Å². The van der Waals surface area contributed by atoms with Crippen molar-refractivity contribution in [1.82, 2.24) is 5.32 Å². The van der Waals surface area contributed by atoms with E-state index in [1.54, 1.807) is 0 Å². The monoisotopic (exact) mass is 235 g/mol. The van der Waals surface area contributed by atoms with Gasteiger partial charge in [0.2, 0.25) is 0 Å². The van der Waals surface area contributed by atoms with Crippen molar-refractivity contribution in [3.63, 3.8) is 0 Å². The number of rotatable bonds is 3. The molecule has 90 valence electrons. The number of nitrogens with one attached hydrogen (secondary N) is 1. The summed E-state index contributed by atoms with van der Waals surface area (Å²) in [5, 5.41) is 20.7. The van der Waals surface area contributed by atoms with E-state index in [1.807, 2.05) is 0 Å². The number of benzene rings is 1. The molecule has 0 aromatic heterocycles. The predicted molar refractivity (Wildman–Crippen MR) is 52.2 cm³/mol. The van der Waals surface area contributed by atoms with Crippen molar-refractivity contribution in [2.24, 2.45) is 0 Å². The zero-order valence-corrected chi connectivity index (χ0v) is 8.54. The molecule has 6 heteroatoms. The van der Waals surface area contributed by atoms with E-state index in [4.69, 9.17) is 5.11 Å². The topological polar surface area (TPSA) is 52.5 Å². The Morgan fingerprint density at radius 3 is 2.44 bits per heavy atom. The van der Waals surface area contributed by atoms with Crippen molar-refractivity contribution in [1.29, 1.82) is 0 Å². The van der Waals surface area contributed by atoms with Crippen molar-refractivity contribution in [2.75, 3.05) is 6.54 Å². The molecule has 0 radical (unpaired) electrons. The highest BCUT2D eigenvalue weighted by Crippen LogP contribution is 2.28. The van der Waals surface area contributed by atoms with Crippen LogP contribution in [0.4, 0.5) is 13.2 Å². The molecule has 1 aromatic rings. The van der Waals surface area contributed by atoms with Crippen molar-refractivity contribution in [3.8, 4) is 11.5 Å². The van der Waals surface area contributed by atoms with Crippen LogP contribution in [-0.4, -0.2) is 22.9 Å². The van der Waals surface area contributed by atoms with Crippen molar-refractivity contribution >= 4 is 0 Å². The molecule has 1 aromatic carbocycles. The highest BCUT2D eigenvalue weighted by molar-refractivity contribution is 5.40. The van der Waals surface area contributed by atoms with Gasteiger partial charge >= 0.3 is 6.18 Å². The second-order valence-corrected chi connectivity index (χ2v) is 3.46. The second kappa shape index (κ2) is 4.61. The highest BCUT2D eigenvalue weighted by Gasteiger charge is 2.27. The van der Waals surface area contributed by atoms with E-state index in [-0.39, 0.29) is 11.5 Å². The third kappa shape index (κ3) is 3.62. The van der Waals surface area contributed by atoms with Gasteiger partial charge < -0.3 is 15.5 Å². The summed E-state index contributed by atoms with van der Waals surface area (Å²) < 4.78 is 35.8. The maximum atomic E-state index is 11.9. The van der Waals surface area contributed by atoms with E-state index in [9.17, 15) is 18.3 Å². The average molecular weight is 235 g/mol. The molecule has 0 amide bonds. The Hall–Kier alpha value is -1.43. The molecule has 0 aliphatic rings. The fourth-order valence-corrected chi connectivity index (χ4v) is 1.28. The van der Waals surface area contributed by atoms with Gasteiger partial charge in [0.1, 0.15) is 11.5 Å². The lowest BCUT2D eigenvalue weighted by molar-refractivity contribution is -0.126. The van der Waals surface area contributed by atoms with Gasteiger partial charge in [0, 0.05) is 17.7 Å². The Bertz CT molecular complexity index is 366. The number of alkyl halides is 3. The lowest BCUT2D eigenvalue weighted by atomic mass is 10.1. The van der Waals surface area contributed by atoms with Gasteiger partial charge in [-0.1, -0.05) is 6.07 Å². The Kier molecular flexibility index (Phi) is 3.64. The summed E-state index contributed by atoms with van der Waals surface area (Å²) in [6, 6.07) is 3.11. The molecule has 1 rings (SSSR count). The Morgan fingerprint density at radius 1 is 1.31 bits per heavy atom. The number of hydrogen-bond acceptors (Lipinski definition) is 3. The molecule has 0 aliphatic heterocycles. The first-order valence-electron chi connectivity index (χ1n) is 4.61. The van der Waals surface area contributed by atoms with Crippen molar-refractivity contribution in [3.05, 3.63) is 23.8 Å². The smallest absolute Gasteiger partial charge is 0.401 e. The molecule has 0 bridgehead atoms. The van der Waals surface area contributed by atoms with Crippen LogP contribution < -0.4 is 5.32 Å². The molecule has 0 heterocycles. The normalized spacial score (nSPS) is 13.8. The molecule has 16 heavy (non-hydrogen) atoms. The number of hydrogen-bond donors (Lipinski definition) is 3. The minimum absolute atomic E-state index is 0.135. The highest BCUT2D eigenvalue weighted by atomic mass is 19.4. The minimum Gasteiger partial charge on any atom is -0.508 e. The fraction of sp³-hybridized carbons (Fsp3) is 0.400. The number of halogens is 3.